The average Bonchev–Trinajstić information content (AvgIpc) is 2.46. The van der Waals surface area contributed by atoms with E-state index in [1.54, 1.807) is 0 Å². The van der Waals surface area contributed by atoms with Crippen LogP contribution in [0.25, 0.3) is 0 Å². The summed E-state index contributed by atoms with van der Waals surface area (Å²) in [5.74, 6) is 0. The minimum atomic E-state index is -2.09. The molecule has 2 aromatic rings. The van der Waals surface area contributed by atoms with Gasteiger partial charge in [-0.1, -0.05) is 59.7 Å². The predicted octanol–water partition coefficient (Wildman–Crippen LogP) is 4.69. The third-order valence-electron chi connectivity index (χ3n) is 2.91. The third kappa shape index (κ3) is 4.86. The first-order valence-electron chi connectivity index (χ1n) is 6.47. The highest BCUT2D eigenvalue weighted by atomic mass is 31.1. The summed E-state index contributed by atoms with van der Waals surface area (Å²) in [4.78, 5) is 0. The summed E-state index contributed by atoms with van der Waals surface area (Å²) >= 11 is 0. The van der Waals surface area contributed by atoms with Crippen LogP contribution in [0.2, 0.25) is 0 Å². The zero-order chi connectivity index (χ0) is 14.4. The predicted molar refractivity (Wildman–Crippen MR) is 79.5 cm³/mol. The zero-order valence-corrected chi connectivity index (χ0v) is 12.6. The lowest BCUT2D eigenvalue weighted by molar-refractivity contribution is 0.213. The number of rotatable bonds is 6. The summed E-state index contributed by atoms with van der Waals surface area (Å²) < 4.78 is 22.0. The van der Waals surface area contributed by atoms with Crippen LogP contribution in [0.3, 0.4) is 0 Å². The summed E-state index contributed by atoms with van der Waals surface area (Å²) in [6, 6.07) is 15.8. The lowest BCUT2D eigenvalue weighted by Gasteiger charge is -1.97. The van der Waals surface area contributed by atoms with Gasteiger partial charge in [-0.3, -0.25) is 0 Å². The Balaban J connectivity index is 1.75. The molecular formula is C16H18O3P+. The Hall–Kier alpha value is -1.54. The van der Waals surface area contributed by atoms with Crippen molar-refractivity contribution in [3.63, 3.8) is 0 Å². The molecule has 2 rings (SSSR count). The molecule has 0 saturated heterocycles. The molecule has 0 aromatic heterocycles. The van der Waals surface area contributed by atoms with Crippen LogP contribution in [-0.2, 0) is 26.8 Å². The van der Waals surface area contributed by atoms with Gasteiger partial charge < -0.3 is 0 Å². The van der Waals surface area contributed by atoms with Gasteiger partial charge in [0, 0.05) is 4.57 Å². The van der Waals surface area contributed by atoms with Gasteiger partial charge in [-0.15, -0.1) is 9.05 Å². The molecule has 0 heterocycles. The number of benzene rings is 2. The molecule has 0 unspecified atom stereocenters. The van der Waals surface area contributed by atoms with Crippen LogP contribution >= 0.6 is 8.25 Å². The standard InChI is InChI=1S/C16H18O3P/c1-13-3-7-15(8-4-13)11-18-20(17)19-12-16-9-5-14(2)6-10-16/h3-10H,11-12H2,1-2H3/q+1. The van der Waals surface area contributed by atoms with Gasteiger partial charge in [0.2, 0.25) is 0 Å². The molecule has 3 nitrogen and oxygen atoms in total. The van der Waals surface area contributed by atoms with E-state index in [9.17, 15) is 4.57 Å². The van der Waals surface area contributed by atoms with Gasteiger partial charge in [0.05, 0.1) is 0 Å². The van der Waals surface area contributed by atoms with Crippen molar-refractivity contribution < 1.29 is 13.6 Å². The lowest BCUT2D eigenvalue weighted by Crippen LogP contribution is -1.90. The van der Waals surface area contributed by atoms with Crippen molar-refractivity contribution in [2.24, 2.45) is 0 Å². The average molecular weight is 289 g/mol. The summed E-state index contributed by atoms with van der Waals surface area (Å²) in [6.07, 6.45) is 0. The molecule has 0 atom stereocenters. The van der Waals surface area contributed by atoms with Crippen molar-refractivity contribution in [2.75, 3.05) is 0 Å². The van der Waals surface area contributed by atoms with Crippen molar-refractivity contribution in [3.05, 3.63) is 70.8 Å². The topological polar surface area (TPSA) is 35.5 Å². The Labute approximate surface area is 120 Å². The Morgan fingerprint density at radius 2 is 1.10 bits per heavy atom. The van der Waals surface area contributed by atoms with Gasteiger partial charge >= 0.3 is 8.25 Å². The van der Waals surface area contributed by atoms with Gasteiger partial charge in [0.15, 0.2) is 0 Å². The van der Waals surface area contributed by atoms with Gasteiger partial charge in [0.1, 0.15) is 13.2 Å². The normalized spacial score (nSPS) is 10.5. The quantitative estimate of drug-likeness (QED) is 0.723. The van der Waals surface area contributed by atoms with Crippen LogP contribution in [0.1, 0.15) is 22.3 Å². The lowest BCUT2D eigenvalue weighted by atomic mass is 10.2. The molecule has 0 saturated carbocycles. The Morgan fingerprint density at radius 3 is 1.45 bits per heavy atom. The molecule has 0 radical (unpaired) electrons. The van der Waals surface area contributed by atoms with Crippen molar-refractivity contribution in [1.82, 2.24) is 0 Å². The van der Waals surface area contributed by atoms with E-state index in [0.29, 0.717) is 13.2 Å². The Bertz CT molecular complexity index is 510. The maximum absolute atomic E-state index is 11.6. The molecule has 0 aliphatic carbocycles. The van der Waals surface area contributed by atoms with Gasteiger partial charge in [0.25, 0.3) is 0 Å². The number of hydrogen-bond acceptors (Lipinski definition) is 3. The van der Waals surface area contributed by atoms with Crippen molar-refractivity contribution in [3.8, 4) is 0 Å². The molecule has 20 heavy (non-hydrogen) atoms. The molecular weight excluding hydrogens is 271 g/mol. The summed E-state index contributed by atoms with van der Waals surface area (Å²) in [5.41, 5.74) is 4.35. The van der Waals surface area contributed by atoms with Crippen molar-refractivity contribution >= 4 is 8.25 Å². The van der Waals surface area contributed by atoms with Gasteiger partial charge in [-0.25, -0.2) is 0 Å². The van der Waals surface area contributed by atoms with E-state index in [-0.39, 0.29) is 0 Å². The molecule has 0 fully saturated rings. The van der Waals surface area contributed by atoms with E-state index >= 15 is 0 Å². The molecule has 0 aliphatic heterocycles. The SMILES string of the molecule is Cc1ccc(CO[P+](=O)OCc2ccc(C)cc2)cc1. The van der Waals surface area contributed by atoms with Crippen LogP contribution in [0.5, 0.6) is 0 Å². The van der Waals surface area contributed by atoms with Crippen LogP contribution < -0.4 is 0 Å². The first kappa shape index (κ1) is 14.9. The van der Waals surface area contributed by atoms with Gasteiger partial charge in [-0.2, -0.15) is 0 Å². The monoisotopic (exact) mass is 289 g/mol. The smallest absolute Gasteiger partial charge is 0.114 e. The highest BCUT2D eigenvalue weighted by molar-refractivity contribution is 7.33. The molecule has 0 aliphatic rings. The fourth-order valence-corrected chi connectivity index (χ4v) is 2.24. The van der Waals surface area contributed by atoms with E-state index in [4.69, 9.17) is 9.05 Å². The van der Waals surface area contributed by atoms with Crippen LogP contribution in [0, 0.1) is 13.8 Å². The number of hydrogen-bond donors (Lipinski definition) is 0. The fraction of sp³-hybridized carbons (Fsp3) is 0.250. The summed E-state index contributed by atoms with van der Waals surface area (Å²) in [7, 11) is -2.09. The molecule has 2 aromatic carbocycles. The summed E-state index contributed by atoms with van der Waals surface area (Å²) in [6.45, 7) is 4.64. The Kier molecular flexibility index (Phi) is 5.42. The maximum Gasteiger partial charge on any atom is 0.698 e. The highest BCUT2D eigenvalue weighted by Gasteiger charge is 2.20. The second-order valence-corrected chi connectivity index (χ2v) is 5.71. The van der Waals surface area contributed by atoms with E-state index in [1.807, 2.05) is 62.4 Å². The largest absolute Gasteiger partial charge is 0.698 e. The Morgan fingerprint density at radius 1 is 0.750 bits per heavy atom. The maximum atomic E-state index is 11.6. The van der Waals surface area contributed by atoms with Crippen LogP contribution in [0.4, 0.5) is 0 Å². The molecule has 0 N–H and O–H groups in total. The van der Waals surface area contributed by atoms with Crippen LogP contribution in [-0.4, -0.2) is 0 Å². The minimum absolute atomic E-state index is 0.295. The second-order valence-electron chi connectivity index (χ2n) is 4.74. The van der Waals surface area contributed by atoms with E-state index in [2.05, 4.69) is 0 Å². The summed E-state index contributed by atoms with van der Waals surface area (Å²) in [5, 5.41) is 0. The molecule has 0 bridgehead atoms. The molecule has 0 spiro atoms. The van der Waals surface area contributed by atoms with E-state index < -0.39 is 8.25 Å². The molecule has 4 heteroatoms. The highest BCUT2D eigenvalue weighted by Crippen LogP contribution is 2.27. The van der Waals surface area contributed by atoms with Gasteiger partial charge in [-0.05, 0) is 25.0 Å². The van der Waals surface area contributed by atoms with Crippen molar-refractivity contribution in [1.29, 1.82) is 0 Å². The van der Waals surface area contributed by atoms with Crippen molar-refractivity contribution in [2.45, 2.75) is 27.1 Å². The number of aryl methyl sites for hydroxylation is 2. The second kappa shape index (κ2) is 7.30. The molecule has 0 amide bonds. The minimum Gasteiger partial charge on any atom is -0.114 e. The fourth-order valence-electron chi connectivity index (χ4n) is 1.66. The first-order chi connectivity index (χ1) is 9.63. The van der Waals surface area contributed by atoms with E-state index in [0.717, 1.165) is 11.1 Å². The van der Waals surface area contributed by atoms with Crippen LogP contribution in [0.15, 0.2) is 48.5 Å². The molecule has 104 valence electrons. The first-order valence-corrected chi connectivity index (χ1v) is 7.57. The zero-order valence-electron chi connectivity index (χ0n) is 11.7. The third-order valence-corrected chi connectivity index (χ3v) is 3.59. The van der Waals surface area contributed by atoms with E-state index in [1.165, 1.54) is 11.1 Å².